The summed E-state index contributed by atoms with van der Waals surface area (Å²) in [4.78, 5) is 0. The lowest BCUT2D eigenvalue weighted by Crippen LogP contribution is -2.25. The van der Waals surface area contributed by atoms with Gasteiger partial charge in [0, 0.05) is 17.0 Å². The molecule has 0 radical (unpaired) electrons. The highest BCUT2D eigenvalue weighted by atomic mass is 16.5. The summed E-state index contributed by atoms with van der Waals surface area (Å²) in [5, 5.41) is 3.59. The van der Waals surface area contributed by atoms with Crippen LogP contribution in [-0.4, -0.2) is 13.7 Å². The van der Waals surface area contributed by atoms with Crippen LogP contribution in [0.15, 0.2) is 18.2 Å². The van der Waals surface area contributed by atoms with Crippen molar-refractivity contribution in [1.82, 2.24) is 5.32 Å². The van der Waals surface area contributed by atoms with Gasteiger partial charge in [-0.1, -0.05) is 45.6 Å². The highest BCUT2D eigenvalue weighted by molar-refractivity contribution is 5.46. The highest BCUT2D eigenvalue weighted by Crippen LogP contribution is 2.41. The van der Waals surface area contributed by atoms with Gasteiger partial charge in [0.15, 0.2) is 0 Å². The van der Waals surface area contributed by atoms with E-state index in [1.54, 1.807) is 0 Å². The molecule has 21 heavy (non-hydrogen) atoms. The van der Waals surface area contributed by atoms with E-state index in [4.69, 9.17) is 4.74 Å². The molecule has 0 saturated heterocycles. The molecular formula is C19H29NO. The standard InChI is InChI=1S/C19H29NO/c1-19(2)13-21-17-11-10-15(12-16(17)19)18(20-3)14-8-6-4-5-7-9-14/h10-12,14,18,20H,4-9,13H2,1-3H3. The molecule has 1 aliphatic carbocycles. The molecule has 2 aliphatic rings. The van der Waals surface area contributed by atoms with Crippen molar-refractivity contribution in [3.8, 4) is 5.75 Å². The van der Waals surface area contributed by atoms with Crippen molar-refractivity contribution in [2.75, 3.05) is 13.7 Å². The maximum atomic E-state index is 5.83. The second kappa shape index (κ2) is 6.00. The van der Waals surface area contributed by atoms with E-state index in [9.17, 15) is 0 Å². The quantitative estimate of drug-likeness (QED) is 0.821. The van der Waals surface area contributed by atoms with Crippen molar-refractivity contribution in [1.29, 1.82) is 0 Å². The van der Waals surface area contributed by atoms with Gasteiger partial charge in [0.25, 0.3) is 0 Å². The molecule has 1 unspecified atom stereocenters. The molecule has 2 heteroatoms. The van der Waals surface area contributed by atoms with E-state index in [-0.39, 0.29) is 5.41 Å². The topological polar surface area (TPSA) is 21.3 Å². The van der Waals surface area contributed by atoms with Crippen molar-refractivity contribution in [3.05, 3.63) is 29.3 Å². The Labute approximate surface area is 129 Å². The first-order valence-corrected chi connectivity index (χ1v) is 8.56. The molecule has 2 nitrogen and oxygen atoms in total. The maximum absolute atomic E-state index is 5.83. The Morgan fingerprint density at radius 3 is 2.52 bits per heavy atom. The lowest BCUT2D eigenvalue weighted by Gasteiger charge is -2.27. The molecule has 0 bridgehead atoms. The molecule has 0 amide bonds. The van der Waals surface area contributed by atoms with E-state index in [0.717, 1.165) is 18.3 Å². The summed E-state index contributed by atoms with van der Waals surface area (Å²) in [6.07, 6.45) is 8.34. The number of ether oxygens (including phenoxy) is 1. The molecule has 0 aromatic heterocycles. The first-order chi connectivity index (χ1) is 10.1. The van der Waals surface area contributed by atoms with Crippen molar-refractivity contribution in [2.24, 2.45) is 5.92 Å². The van der Waals surface area contributed by atoms with Crippen molar-refractivity contribution >= 4 is 0 Å². The fourth-order valence-electron chi connectivity index (χ4n) is 4.05. The van der Waals surface area contributed by atoms with E-state index in [2.05, 4.69) is 44.4 Å². The van der Waals surface area contributed by atoms with Crippen molar-refractivity contribution < 1.29 is 4.74 Å². The Morgan fingerprint density at radius 2 is 1.86 bits per heavy atom. The van der Waals surface area contributed by atoms with Gasteiger partial charge in [0.05, 0.1) is 6.61 Å². The smallest absolute Gasteiger partial charge is 0.123 e. The minimum Gasteiger partial charge on any atom is -0.492 e. The second-order valence-electron chi connectivity index (χ2n) is 7.45. The Balaban J connectivity index is 1.87. The van der Waals surface area contributed by atoms with Crippen LogP contribution in [-0.2, 0) is 5.41 Å². The van der Waals surface area contributed by atoms with Gasteiger partial charge in [-0.2, -0.15) is 0 Å². The van der Waals surface area contributed by atoms with Gasteiger partial charge in [0.2, 0.25) is 0 Å². The molecule has 1 aliphatic heterocycles. The van der Waals surface area contributed by atoms with Crippen LogP contribution in [0.4, 0.5) is 0 Å². The third-order valence-corrected chi connectivity index (χ3v) is 5.36. The molecule has 3 rings (SSSR count). The molecule has 1 N–H and O–H groups in total. The normalized spacial score (nSPS) is 23.2. The number of benzene rings is 1. The van der Waals surface area contributed by atoms with Gasteiger partial charge in [-0.3, -0.25) is 0 Å². The predicted molar refractivity (Wildman–Crippen MR) is 88.0 cm³/mol. The Bertz CT molecular complexity index is 486. The van der Waals surface area contributed by atoms with Crippen LogP contribution in [0.3, 0.4) is 0 Å². The average molecular weight is 287 g/mol. The van der Waals surface area contributed by atoms with Crippen LogP contribution in [0, 0.1) is 5.92 Å². The maximum Gasteiger partial charge on any atom is 0.123 e. The SMILES string of the molecule is CNC(c1ccc2c(c1)C(C)(C)CO2)C1CCCCCC1. The monoisotopic (exact) mass is 287 g/mol. The summed E-state index contributed by atoms with van der Waals surface area (Å²) in [6.45, 7) is 5.37. The summed E-state index contributed by atoms with van der Waals surface area (Å²) in [7, 11) is 2.12. The first kappa shape index (κ1) is 14.9. The zero-order valence-electron chi connectivity index (χ0n) is 13.7. The van der Waals surface area contributed by atoms with Gasteiger partial charge in [-0.15, -0.1) is 0 Å². The molecule has 1 saturated carbocycles. The van der Waals surface area contributed by atoms with Crippen LogP contribution in [0.1, 0.15) is 69.5 Å². The molecule has 1 aromatic rings. The van der Waals surface area contributed by atoms with Gasteiger partial charge < -0.3 is 10.1 Å². The number of hydrogen-bond donors (Lipinski definition) is 1. The zero-order valence-corrected chi connectivity index (χ0v) is 13.7. The molecule has 1 atom stereocenters. The summed E-state index contributed by atoms with van der Waals surface area (Å²) >= 11 is 0. The number of fused-ring (bicyclic) bond motifs is 1. The molecule has 0 spiro atoms. The van der Waals surface area contributed by atoms with Crippen molar-refractivity contribution in [3.63, 3.8) is 0 Å². The van der Waals surface area contributed by atoms with E-state index in [1.165, 1.54) is 49.7 Å². The van der Waals surface area contributed by atoms with Crippen LogP contribution in [0.25, 0.3) is 0 Å². The van der Waals surface area contributed by atoms with Gasteiger partial charge in [-0.25, -0.2) is 0 Å². The summed E-state index contributed by atoms with van der Waals surface area (Å²) in [5.74, 6) is 1.86. The highest BCUT2D eigenvalue weighted by Gasteiger charge is 2.33. The molecule has 1 fully saturated rings. The molecule has 1 aromatic carbocycles. The van der Waals surface area contributed by atoms with E-state index in [0.29, 0.717) is 6.04 Å². The summed E-state index contributed by atoms with van der Waals surface area (Å²) in [6, 6.07) is 7.34. The molecule has 116 valence electrons. The lowest BCUT2D eigenvalue weighted by atomic mass is 9.82. The van der Waals surface area contributed by atoms with E-state index < -0.39 is 0 Å². The van der Waals surface area contributed by atoms with Gasteiger partial charge >= 0.3 is 0 Å². The van der Waals surface area contributed by atoms with Crippen molar-refractivity contribution in [2.45, 2.75) is 63.8 Å². The van der Waals surface area contributed by atoms with E-state index in [1.807, 2.05) is 0 Å². The van der Waals surface area contributed by atoms with Crippen LogP contribution in [0.2, 0.25) is 0 Å². The van der Waals surface area contributed by atoms with Crippen LogP contribution in [0.5, 0.6) is 5.75 Å². The summed E-state index contributed by atoms with van der Waals surface area (Å²) in [5.41, 5.74) is 2.98. The second-order valence-corrected chi connectivity index (χ2v) is 7.45. The minimum atomic E-state index is 0.146. The fourth-order valence-corrected chi connectivity index (χ4v) is 4.05. The number of rotatable bonds is 3. The Kier molecular flexibility index (Phi) is 4.26. The summed E-state index contributed by atoms with van der Waals surface area (Å²) < 4.78 is 5.83. The van der Waals surface area contributed by atoms with E-state index >= 15 is 0 Å². The largest absolute Gasteiger partial charge is 0.492 e. The van der Waals surface area contributed by atoms with Gasteiger partial charge in [-0.05, 0) is 43.5 Å². The molecular weight excluding hydrogens is 258 g/mol. The van der Waals surface area contributed by atoms with Crippen LogP contribution >= 0.6 is 0 Å². The number of nitrogens with one attached hydrogen (secondary N) is 1. The Morgan fingerprint density at radius 1 is 1.14 bits per heavy atom. The average Bonchev–Trinajstić information content (AvgIpc) is 2.68. The molecule has 1 heterocycles. The third-order valence-electron chi connectivity index (χ3n) is 5.36. The fraction of sp³-hybridized carbons (Fsp3) is 0.684. The third kappa shape index (κ3) is 2.96. The first-order valence-electron chi connectivity index (χ1n) is 8.56. The predicted octanol–water partition coefficient (Wildman–Crippen LogP) is 4.59. The zero-order chi connectivity index (χ0) is 14.9. The van der Waals surface area contributed by atoms with Crippen LogP contribution < -0.4 is 10.1 Å². The number of hydrogen-bond acceptors (Lipinski definition) is 2. The Hall–Kier alpha value is -1.02. The van der Waals surface area contributed by atoms with Gasteiger partial charge in [0.1, 0.15) is 5.75 Å². The minimum absolute atomic E-state index is 0.146. The lowest BCUT2D eigenvalue weighted by molar-refractivity contribution is 0.291.